The van der Waals surface area contributed by atoms with Gasteiger partial charge < -0.3 is 14.7 Å². The van der Waals surface area contributed by atoms with E-state index < -0.39 is 23.1 Å². The summed E-state index contributed by atoms with van der Waals surface area (Å²) in [6.45, 7) is 5.72. The van der Waals surface area contributed by atoms with E-state index in [1.807, 2.05) is 0 Å². The van der Waals surface area contributed by atoms with Crippen LogP contribution < -0.4 is 0 Å². The van der Waals surface area contributed by atoms with Crippen LogP contribution in [0, 0.1) is 5.41 Å². The zero-order valence-corrected chi connectivity index (χ0v) is 16.1. The van der Waals surface area contributed by atoms with Crippen LogP contribution >= 0.6 is 23.2 Å². The van der Waals surface area contributed by atoms with Crippen molar-refractivity contribution in [3.8, 4) is 0 Å². The molecule has 0 aromatic heterocycles. The monoisotopic (exact) mass is 385 g/mol. The number of aliphatic hydroxyl groups is 1. The van der Waals surface area contributed by atoms with E-state index in [9.17, 15) is 14.7 Å². The van der Waals surface area contributed by atoms with E-state index in [1.54, 1.807) is 39.0 Å². The van der Waals surface area contributed by atoms with Crippen molar-refractivity contribution in [1.82, 2.24) is 4.90 Å². The highest BCUT2D eigenvalue weighted by Crippen LogP contribution is 2.41. The summed E-state index contributed by atoms with van der Waals surface area (Å²) in [4.78, 5) is 26.8. The smallest absolute Gasteiger partial charge is 0.290 e. The Labute approximate surface area is 157 Å². The predicted octanol–water partition coefficient (Wildman–Crippen LogP) is 3.95. The van der Waals surface area contributed by atoms with Crippen LogP contribution in [0.15, 0.2) is 29.5 Å². The molecule has 1 aromatic rings. The minimum Gasteiger partial charge on any atom is -0.503 e. The van der Waals surface area contributed by atoms with Crippen molar-refractivity contribution in [3.63, 3.8) is 0 Å². The molecule has 25 heavy (non-hydrogen) atoms. The van der Waals surface area contributed by atoms with Crippen molar-refractivity contribution >= 4 is 34.9 Å². The van der Waals surface area contributed by atoms with Gasteiger partial charge in [-0.05, 0) is 17.7 Å². The van der Waals surface area contributed by atoms with Gasteiger partial charge in [0.2, 0.25) is 0 Å². The molecule has 7 heteroatoms. The van der Waals surface area contributed by atoms with Gasteiger partial charge in [0.05, 0.1) is 28.3 Å². The number of rotatable bonds is 5. The average molecular weight is 386 g/mol. The van der Waals surface area contributed by atoms with E-state index in [2.05, 4.69) is 0 Å². The first-order chi connectivity index (χ1) is 11.6. The van der Waals surface area contributed by atoms with Crippen LogP contribution in [0.4, 0.5) is 0 Å². The number of nitrogens with zero attached hydrogens (tertiary/aromatic N) is 1. The third-order valence-electron chi connectivity index (χ3n) is 4.03. The standard InChI is InChI=1S/C18H21Cl2NO4/c1-18(2,3)16(23)13-14(10-5-6-11(19)12(20)9-10)21(7-8-25-4)17(24)15(13)22/h5-6,9,14,22H,7-8H2,1-4H3. The highest BCUT2D eigenvalue weighted by molar-refractivity contribution is 6.42. The van der Waals surface area contributed by atoms with Gasteiger partial charge in [-0.1, -0.05) is 50.0 Å². The van der Waals surface area contributed by atoms with E-state index in [0.717, 1.165) is 0 Å². The molecule has 1 unspecified atom stereocenters. The Hall–Kier alpha value is -1.56. The Balaban J connectivity index is 2.58. The SMILES string of the molecule is COCCN1C(=O)C(O)=C(C(=O)C(C)(C)C)C1c1ccc(Cl)c(Cl)c1. The highest BCUT2D eigenvalue weighted by Gasteiger charge is 2.45. The van der Waals surface area contributed by atoms with Crippen molar-refractivity contribution < 1.29 is 19.4 Å². The van der Waals surface area contributed by atoms with Gasteiger partial charge in [0.1, 0.15) is 0 Å². The van der Waals surface area contributed by atoms with Gasteiger partial charge >= 0.3 is 0 Å². The molecule has 0 saturated carbocycles. The number of Topliss-reactive ketones (excluding diaryl/α,β-unsaturated/α-hetero) is 1. The second kappa shape index (κ2) is 7.36. The molecule has 1 heterocycles. The second-order valence-electron chi connectivity index (χ2n) is 6.91. The van der Waals surface area contributed by atoms with E-state index in [-0.39, 0.29) is 24.5 Å². The molecule has 1 aliphatic heterocycles. The number of hydrogen-bond acceptors (Lipinski definition) is 4. The van der Waals surface area contributed by atoms with E-state index in [0.29, 0.717) is 15.6 Å². The van der Waals surface area contributed by atoms with Crippen LogP contribution in [0.1, 0.15) is 32.4 Å². The summed E-state index contributed by atoms with van der Waals surface area (Å²) in [5.74, 6) is -1.41. The summed E-state index contributed by atoms with van der Waals surface area (Å²) in [5, 5.41) is 11.1. The summed E-state index contributed by atoms with van der Waals surface area (Å²) >= 11 is 12.1. The predicted molar refractivity (Wildman–Crippen MR) is 96.9 cm³/mol. The highest BCUT2D eigenvalue weighted by atomic mass is 35.5. The van der Waals surface area contributed by atoms with Gasteiger partial charge in [-0.2, -0.15) is 0 Å². The third-order valence-corrected chi connectivity index (χ3v) is 4.76. The Kier molecular flexibility index (Phi) is 5.82. The Morgan fingerprint density at radius 1 is 1.28 bits per heavy atom. The first-order valence-corrected chi connectivity index (χ1v) is 8.58. The molecule has 0 bridgehead atoms. The topological polar surface area (TPSA) is 66.8 Å². The molecule has 0 saturated heterocycles. The fraction of sp³-hybridized carbons (Fsp3) is 0.444. The number of amides is 1. The van der Waals surface area contributed by atoms with Gasteiger partial charge in [0.15, 0.2) is 11.5 Å². The van der Waals surface area contributed by atoms with Crippen LogP contribution in [0.5, 0.6) is 0 Å². The Morgan fingerprint density at radius 3 is 2.44 bits per heavy atom. The average Bonchev–Trinajstić information content (AvgIpc) is 2.78. The summed E-state index contributed by atoms with van der Waals surface area (Å²) in [5.41, 5.74) is -0.0718. The zero-order chi connectivity index (χ0) is 18.9. The van der Waals surface area contributed by atoms with Gasteiger partial charge in [-0.25, -0.2) is 0 Å². The summed E-state index contributed by atoms with van der Waals surface area (Å²) < 4.78 is 5.05. The van der Waals surface area contributed by atoms with E-state index in [4.69, 9.17) is 27.9 Å². The lowest BCUT2D eigenvalue weighted by atomic mass is 9.82. The van der Waals surface area contributed by atoms with Crippen molar-refractivity contribution in [2.24, 2.45) is 5.41 Å². The molecule has 2 rings (SSSR count). The number of carbonyl (C=O) groups is 2. The Morgan fingerprint density at radius 2 is 1.92 bits per heavy atom. The van der Waals surface area contributed by atoms with Crippen LogP contribution in [-0.4, -0.2) is 42.0 Å². The molecule has 1 aliphatic rings. The lowest BCUT2D eigenvalue weighted by molar-refractivity contribution is -0.130. The molecule has 0 radical (unpaired) electrons. The van der Waals surface area contributed by atoms with Crippen molar-refractivity contribution in [3.05, 3.63) is 45.1 Å². The quantitative estimate of drug-likeness (QED) is 0.832. The molecule has 0 spiro atoms. The van der Waals surface area contributed by atoms with E-state index in [1.165, 1.54) is 12.0 Å². The first-order valence-electron chi connectivity index (χ1n) is 7.82. The molecule has 136 valence electrons. The summed E-state index contributed by atoms with van der Waals surface area (Å²) in [6.07, 6.45) is 0. The van der Waals surface area contributed by atoms with Crippen LogP contribution in [0.2, 0.25) is 10.0 Å². The van der Waals surface area contributed by atoms with Crippen LogP contribution in [-0.2, 0) is 14.3 Å². The maximum atomic E-state index is 12.9. The number of halogens is 2. The fourth-order valence-corrected chi connectivity index (χ4v) is 3.05. The molecule has 1 N–H and O–H groups in total. The number of ketones is 1. The molecule has 5 nitrogen and oxygen atoms in total. The van der Waals surface area contributed by atoms with Gasteiger partial charge in [0, 0.05) is 19.1 Å². The van der Waals surface area contributed by atoms with Gasteiger partial charge in [0.25, 0.3) is 5.91 Å². The lowest BCUT2D eigenvalue weighted by Crippen LogP contribution is -2.35. The van der Waals surface area contributed by atoms with Crippen molar-refractivity contribution in [1.29, 1.82) is 0 Å². The molecule has 1 amide bonds. The first kappa shape index (κ1) is 19.8. The molecular formula is C18H21Cl2NO4. The van der Waals surface area contributed by atoms with Gasteiger partial charge in [-0.15, -0.1) is 0 Å². The molecule has 0 fully saturated rings. The Bertz CT molecular complexity index is 737. The second-order valence-corrected chi connectivity index (χ2v) is 7.72. The summed E-state index contributed by atoms with van der Waals surface area (Å²) in [6, 6.07) is 4.17. The van der Waals surface area contributed by atoms with Gasteiger partial charge in [-0.3, -0.25) is 9.59 Å². The van der Waals surface area contributed by atoms with Crippen molar-refractivity contribution in [2.75, 3.05) is 20.3 Å². The molecular weight excluding hydrogens is 365 g/mol. The number of benzene rings is 1. The fourth-order valence-electron chi connectivity index (χ4n) is 2.74. The van der Waals surface area contributed by atoms with Crippen LogP contribution in [0.25, 0.3) is 0 Å². The number of aliphatic hydroxyl groups excluding tert-OH is 1. The number of hydrogen-bond donors (Lipinski definition) is 1. The summed E-state index contributed by atoms with van der Waals surface area (Å²) in [7, 11) is 1.52. The molecule has 1 aromatic carbocycles. The number of methoxy groups -OCH3 is 1. The maximum Gasteiger partial charge on any atom is 0.290 e. The third kappa shape index (κ3) is 3.84. The lowest BCUT2D eigenvalue weighted by Gasteiger charge is -2.28. The minimum absolute atomic E-state index is 0.0759. The zero-order valence-electron chi connectivity index (χ0n) is 14.6. The van der Waals surface area contributed by atoms with E-state index >= 15 is 0 Å². The number of ether oxygens (including phenoxy) is 1. The maximum absolute atomic E-state index is 12.9. The van der Waals surface area contributed by atoms with Crippen molar-refractivity contribution in [2.45, 2.75) is 26.8 Å². The normalized spacial score (nSPS) is 18.2. The van der Waals surface area contributed by atoms with Crippen LogP contribution in [0.3, 0.4) is 0 Å². The number of carbonyl (C=O) groups excluding carboxylic acids is 2. The minimum atomic E-state index is -0.755. The largest absolute Gasteiger partial charge is 0.503 e. The molecule has 0 aliphatic carbocycles. The molecule has 1 atom stereocenters.